The predicted molar refractivity (Wildman–Crippen MR) is 76.8 cm³/mol. The summed E-state index contributed by atoms with van der Waals surface area (Å²) in [5.41, 5.74) is 0. The Bertz CT molecular complexity index is 448. The first-order valence-corrected chi connectivity index (χ1v) is 7.35. The van der Waals surface area contributed by atoms with Gasteiger partial charge in [0.2, 0.25) is 0 Å². The summed E-state index contributed by atoms with van der Waals surface area (Å²) in [7, 11) is 1.46. The van der Waals surface area contributed by atoms with Crippen molar-refractivity contribution in [2.24, 2.45) is 5.92 Å². The van der Waals surface area contributed by atoms with Crippen LogP contribution in [-0.2, 0) is 28.7 Å². The van der Waals surface area contributed by atoms with Crippen molar-refractivity contribution < 1.29 is 33.5 Å². The second-order valence-corrected chi connectivity index (χ2v) is 5.45. The summed E-state index contributed by atoms with van der Waals surface area (Å²) in [6, 6.07) is -1.02. The molecule has 1 rings (SSSR count). The molecular weight excluding hydrogens is 308 g/mol. The second-order valence-electron chi connectivity index (χ2n) is 5.45. The third-order valence-electron chi connectivity index (χ3n) is 2.99. The fourth-order valence-corrected chi connectivity index (χ4v) is 1.90. The summed E-state index contributed by atoms with van der Waals surface area (Å²) >= 11 is 0. The van der Waals surface area contributed by atoms with Crippen molar-refractivity contribution in [2.45, 2.75) is 39.2 Å². The molecule has 1 saturated heterocycles. The van der Waals surface area contributed by atoms with E-state index in [1.54, 1.807) is 0 Å². The molecule has 0 unspecified atom stereocenters. The van der Waals surface area contributed by atoms with E-state index in [-0.39, 0.29) is 38.4 Å². The van der Waals surface area contributed by atoms with Gasteiger partial charge in [-0.25, -0.2) is 9.59 Å². The molecule has 3 amide bonds. The summed E-state index contributed by atoms with van der Waals surface area (Å²) in [5.74, 6) is -1.97. The van der Waals surface area contributed by atoms with Crippen LogP contribution in [-0.4, -0.2) is 55.3 Å². The van der Waals surface area contributed by atoms with Crippen molar-refractivity contribution >= 4 is 23.9 Å². The number of imide groups is 1. The highest BCUT2D eigenvalue weighted by molar-refractivity contribution is 6.01. The molecule has 1 aliphatic rings. The Morgan fingerprint density at radius 1 is 1.17 bits per heavy atom. The third-order valence-corrected chi connectivity index (χ3v) is 2.99. The van der Waals surface area contributed by atoms with Gasteiger partial charge in [-0.2, -0.15) is 0 Å². The van der Waals surface area contributed by atoms with Crippen LogP contribution in [0.3, 0.4) is 0 Å². The van der Waals surface area contributed by atoms with Crippen LogP contribution < -0.4 is 5.32 Å². The number of nitrogens with zero attached hydrogens (tertiary/aromatic N) is 1. The highest BCUT2D eigenvalue weighted by Gasteiger charge is 2.35. The summed E-state index contributed by atoms with van der Waals surface area (Å²) in [6.07, 6.45) is -0.515. The van der Waals surface area contributed by atoms with E-state index in [1.165, 1.54) is 7.11 Å². The van der Waals surface area contributed by atoms with Crippen LogP contribution in [0.2, 0.25) is 0 Å². The number of rotatable bonds is 8. The molecule has 0 aromatic heterocycles. The van der Waals surface area contributed by atoms with E-state index in [0.29, 0.717) is 5.06 Å². The molecule has 9 nitrogen and oxygen atoms in total. The lowest BCUT2D eigenvalue weighted by Gasteiger charge is -2.21. The fraction of sp³-hybridized carbons (Fsp3) is 0.714. The number of carbonyl (C=O) groups is 4. The molecular formula is C14H22N2O7. The van der Waals surface area contributed by atoms with Crippen LogP contribution in [0.1, 0.15) is 33.1 Å². The highest BCUT2D eigenvalue weighted by Crippen LogP contribution is 2.14. The molecule has 0 saturated carbocycles. The maximum Gasteiger partial charge on any atom is 0.407 e. The SMILES string of the molecule is COCCOC(=O)N[C@@H](CC(C)C)C(=O)ON1C(=O)CCC1=O. The van der Waals surface area contributed by atoms with Crippen molar-refractivity contribution in [3.8, 4) is 0 Å². The molecule has 1 heterocycles. The van der Waals surface area contributed by atoms with E-state index >= 15 is 0 Å². The highest BCUT2D eigenvalue weighted by atomic mass is 16.7. The molecule has 130 valence electrons. The van der Waals surface area contributed by atoms with Crippen LogP contribution in [0.4, 0.5) is 4.79 Å². The predicted octanol–water partition coefficient (Wildman–Crippen LogP) is 0.381. The summed E-state index contributed by atoms with van der Waals surface area (Å²) in [5, 5.41) is 2.82. The molecule has 0 spiro atoms. The Kier molecular flexibility index (Phi) is 7.46. The largest absolute Gasteiger partial charge is 0.447 e. The minimum absolute atomic E-state index is 0.00739. The Morgan fingerprint density at radius 2 is 1.78 bits per heavy atom. The molecule has 1 fully saturated rings. The molecule has 0 bridgehead atoms. The van der Waals surface area contributed by atoms with E-state index in [0.717, 1.165) is 0 Å². The van der Waals surface area contributed by atoms with Gasteiger partial charge in [-0.05, 0) is 12.3 Å². The zero-order chi connectivity index (χ0) is 17.4. The van der Waals surface area contributed by atoms with Gasteiger partial charge in [0.25, 0.3) is 11.8 Å². The Labute approximate surface area is 134 Å². The third kappa shape index (κ3) is 6.23. The lowest BCUT2D eigenvalue weighted by Crippen LogP contribution is -2.46. The minimum atomic E-state index is -1.02. The number of hydroxylamine groups is 2. The molecule has 0 aliphatic carbocycles. The number of amides is 3. The first-order chi connectivity index (χ1) is 10.8. The van der Waals surface area contributed by atoms with Crippen LogP contribution in [0, 0.1) is 5.92 Å². The van der Waals surface area contributed by atoms with Crippen LogP contribution in [0.25, 0.3) is 0 Å². The average Bonchev–Trinajstić information content (AvgIpc) is 2.78. The summed E-state index contributed by atoms with van der Waals surface area (Å²) in [4.78, 5) is 51.5. The summed E-state index contributed by atoms with van der Waals surface area (Å²) < 4.78 is 9.57. The van der Waals surface area contributed by atoms with Crippen molar-refractivity contribution in [1.29, 1.82) is 0 Å². The van der Waals surface area contributed by atoms with Crippen molar-refractivity contribution in [3.63, 3.8) is 0 Å². The van der Waals surface area contributed by atoms with Crippen LogP contribution in [0.15, 0.2) is 0 Å². The number of nitrogens with one attached hydrogen (secondary N) is 1. The molecule has 1 N–H and O–H groups in total. The van der Waals surface area contributed by atoms with E-state index in [2.05, 4.69) is 5.32 Å². The molecule has 0 aromatic carbocycles. The zero-order valence-electron chi connectivity index (χ0n) is 13.5. The van der Waals surface area contributed by atoms with Gasteiger partial charge in [0.15, 0.2) is 0 Å². The van der Waals surface area contributed by atoms with E-state index in [1.807, 2.05) is 13.8 Å². The topological polar surface area (TPSA) is 111 Å². The van der Waals surface area contributed by atoms with Gasteiger partial charge in [-0.15, -0.1) is 5.06 Å². The van der Waals surface area contributed by atoms with Gasteiger partial charge < -0.3 is 19.6 Å². The van der Waals surface area contributed by atoms with Gasteiger partial charge in [-0.3, -0.25) is 9.59 Å². The number of carbonyl (C=O) groups excluding carboxylic acids is 4. The molecule has 9 heteroatoms. The van der Waals surface area contributed by atoms with Gasteiger partial charge >= 0.3 is 12.1 Å². The normalized spacial score (nSPS) is 15.7. The average molecular weight is 330 g/mol. The van der Waals surface area contributed by atoms with Crippen LogP contribution in [0.5, 0.6) is 0 Å². The fourth-order valence-electron chi connectivity index (χ4n) is 1.90. The number of ether oxygens (including phenoxy) is 2. The molecule has 23 heavy (non-hydrogen) atoms. The number of hydrogen-bond acceptors (Lipinski definition) is 7. The van der Waals surface area contributed by atoms with Gasteiger partial charge in [0.05, 0.1) is 6.61 Å². The van der Waals surface area contributed by atoms with Crippen LogP contribution >= 0.6 is 0 Å². The van der Waals surface area contributed by atoms with Crippen molar-refractivity contribution in [2.75, 3.05) is 20.3 Å². The minimum Gasteiger partial charge on any atom is -0.447 e. The Hall–Kier alpha value is -2.16. The zero-order valence-corrected chi connectivity index (χ0v) is 13.5. The van der Waals surface area contributed by atoms with Gasteiger partial charge in [0.1, 0.15) is 12.6 Å². The molecule has 0 aromatic rings. The van der Waals surface area contributed by atoms with E-state index in [9.17, 15) is 19.2 Å². The van der Waals surface area contributed by atoms with E-state index < -0.39 is 29.9 Å². The molecule has 1 atom stereocenters. The lowest BCUT2D eigenvalue weighted by atomic mass is 10.0. The maximum atomic E-state index is 12.1. The Balaban J connectivity index is 2.61. The summed E-state index contributed by atoms with van der Waals surface area (Å²) in [6.45, 7) is 3.97. The molecule has 1 aliphatic heterocycles. The number of hydrogen-bond donors (Lipinski definition) is 1. The van der Waals surface area contributed by atoms with Crippen molar-refractivity contribution in [3.05, 3.63) is 0 Å². The standard InChI is InChI=1S/C14H22N2O7/c1-9(2)8-10(15-14(20)22-7-6-21-3)13(19)23-16-11(17)4-5-12(16)18/h9-10H,4-8H2,1-3H3,(H,15,20)/t10-/m0/s1. The lowest BCUT2D eigenvalue weighted by molar-refractivity contribution is -0.199. The van der Waals surface area contributed by atoms with Crippen molar-refractivity contribution in [1.82, 2.24) is 10.4 Å². The van der Waals surface area contributed by atoms with Gasteiger partial charge in [0, 0.05) is 20.0 Å². The van der Waals surface area contributed by atoms with E-state index in [4.69, 9.17) is 14.3 Å². The first kappa shape index (κ1) is 18.9. The number of alkyl carbamates (subject to hydrolysis) is 1. The number of methoxy groups -OCH3 is 1. The monoisotopic (exact) mass is 330 g/mol. The Morgan fingerprint density at radius 3 is 2.30 bits per heavy atom. The quantitative estimate of drug-likeness (QED) is 0.506. The first-order valence-electron chi connectivity index (χ1n) is 7.35. The smallest absolute Gasteiger partial charge is 0.407 e. The second kappa shape index (κ2) is 9.09. The maximum absolute atomic E-state index is 12.1. The molecule has 0 radical (unpaired) electrons. The van der Waals surface area contributed by atoms with Gasteiger partial charge in [-0.1, -0.05) is 13.8 Å².